The molecule has 4 unspecified atom stereocenters. The van der Waals surface area contributed by atoms with Gasteiger partial charge < -0.3 is 10.2 Å². The molecule has 0 spiro atoms. The van der Waals surface area contributed by atoms with Crippen LogP contribution in [0.1, 0.15) is 52.9 Å². The fourth-order valence-electron chi connectivity index (χ4n) is 3.17. The molecule has 0 saturated heterocycles. The summed E-state index contributed by atoms with van der Waals surface area (Å²) in [6.45, 7) is 5.65. The third-order valence-electron chi connectivity index (χ3n) is 4.28. The minimum atomic E-state index is -0.833. The van der Waals surface area contributed by atoms with Gasteiger partial charge in [0.1, 0.15) is 0 Å². The molecule has 0 radical (unpaired) electrons. The molecule has 0 aliphatic heterocycles. The lowest BCUT2D eigenvalue weighted by molar-refractivity contribution is -0.134. The molecule has 1 fully saturated rings. The van der Waals surface area contributed by atoms with Crippen molar-refractivity contribution in [3.05, 3.63) is 24.3 Å². The average Bonchev–Trinajstić information content (AvgIpc) is 2.33. The van der Waals surface area contributed by atoms with Crippen molar-refractivity contribution < 1.29 is 15.0 Å². The van der Waals surface area contributed by atoms with Gasteiger partial charge in [0.15, 0.2) is 0 Å². The zero-order valence-electron chi connectivity index (χ0n) is 12.9. The maximum absolute atomic E-state index is 10.1. The van der Waals surface area contributed by atoms with E-state index in [-0.39, 0.29) is 11.5 Å². The van der Waals surface area contributed by atoms with Crippen molar-refractivity contribution in [3.63, 3.8) is 0 Å². The first-order valence-electron chi connectivity index (χ1n) is 7.54. The molecule has 0 heterocycles. The van der Waals surface area contributed by atoms with Gasteiger partial charge in [-0.25, -0.2) is 0 Å². The van der Waals surface area contributed by atoms with Crippen LogP contribution >= 0.6 is 0 Å². The lowest BCUT2D eigenvalue weighted by Crippen LogP contribution is -2.32. The quantitative estimate of drug-likeness (QED) is 0.809. The molecule has 0 aromatic rings. The number of hydrogen-bond acceptors (Lipinski definition) is 2. The molecule has 1 saturated carbocycles. The van der Waals surface area contributed by atoms with E-state index < -0.39 is 5.97 Å². The maximum Gasteiger partial charge on any atom is 0.300 e. The van der Waals surface area contributed by atoms with Gasteiger partial charge in [0.2, 0.25) is 0 Å². The highest BCUT2D eigenvalue weighted by molar-refractivity contribution is 5.62. The summed E-state index contributed by atoms with van der Waals surface area (Å²) in [5.74, 6) is 0.387. The number of carboxylic acids is 1. The third kappa shape index (κ3) is 5.91. The van der Waals surface area contributed by atoms with Crippen LogP contribution in [0.4, 0.5) is 0 Å². The Labute approximate surface area is 122 Å². The molecule has 0 aromatic carbocycles. The number of aliphatic carboxylic acids is 1. The van der Waals surface area contributed by atoms with Gasteiger partial charge in [-0.1, -0.05) is 44.6 Å². The Hall–Kier alpha value is -1.09. The molecule has 0 amide bonds. The normalized spacial score (nSPS) is 36.1. The molecule has 4 atom stereocenters. The van der Waals surface area contributed by atoms with Crippen LogP contribution < -0.4 is 0 Å². The van der Waals surface area contributed by atoms with E-state index in [2.05, 4.69) is 38.2 Å². The van der Waals surface area contributed by atoms with E-state index in [0.717, 1.165) is 26.2 Å². The van der Waals surface area contributed by atoms with E-state index in [1.165, 1.54) is 12.8 Å². The Morgan fingerprint density at radius 3 is 2.50 bits per heavy atom. The van der Waals surface area contributed by atoms with Crippen molar-refractivity contribution in [1.82, 2.24) is 0 Å². The molecule has 0 bridgehead atoms. The minimum Gasteiger partial charge on any atom is -0.481 e. The Morgan fingerprint density at radius 1 is 1.35 bits per heavy atom. The zero-order valence-corrected chi connectivity index (χ0v) is 12.9. The smallest absolute Gasteiger partial charge is 0.300 e. The summed E-state index contributed by atoms with van der Waals surface area (Å²) in [5, 5.41) is 17.6. The highest BCUT2D eigenvalue weighted by Gasteiger charge is 2.32. The fraction of sp³-hybridized carbons (Fsp3) is 0.706. The second-order valence-corrected chi connectivity index (χ2v) is 6.61. The highest BCUT2D eigenvalue weighted by atomic mass is 16.4. The van der Waals surface area contributed by atoms with Crippen LogP contribution in [0.3, 0.4) is 0 Å². The van der Waals surface area contributed by atoms with E-state index >= 15 is 0 Å². The van der Waals surface area contributed by atoms with E-state index in [9.17, 15) is 5.11 Å². The molecule has 2 rings (SSSR count). The summed E-state index contributed by atoms with van der Waals surface area (Å²) < 4.78 is 0. The van der Waals surface area contributed by atoms with Crippen molar-refractivity contribution in [1.29, 1.82) is 0 Å². The Morgan fingerprint density at radius 2 is 2.00 bits per heavy atom. The molecule has 2 aliphatic carbocycles. The number of aliphatic hydroxyl groups excluding tert-OH is 1. The second kappa shape index (κ2) is 7.63. The van der Waals surface area contributed by atoms with Gasteiger partial charge >= 0.3 is 0 Å². The molecule has 3 heteroatoms. The summed E-state index contributed by atoms with van der Waals surface area (Å²) in [7, 11) is 0. The van der Waals surface area contributed by atoms with Gasteiger partial charge in [0.05, 0.1) is 6.10 Å². The standard InChI is InChI=1S/C15H24O.C2H4O2/c1-12-6-7-13(14(16)10-12)11-15(2)8-4-3-5-9-15;1-2(3)4/h3-5,8,12-14,16H,6-7,9-11H2,1-2H3;1H3,(H,3,4). The van der Waals surface area contributed by atoms with Gasteiger partial charge in [-0.15, -0.1) is 0 Å². The summed E-state index contributed by atoms with van der Waals surface area (Å²) in [5.41, 5.74) is 0.279. The summed E-state index contributed by atoms with van der Waals surface area (Å²) >= 11 is 0. The predicted molar refractivity (Wildman–Crippen MR) is 81.4 cm³/mol. The van der Waals surface area contributed by atoms with Gasteiger partial charge in [-0.2, -0.15) is 0 Å². The lowest BCUT2D eigenvalue weighted by Gasteiger charge is -2.37. The number of carboxylic acid groups (broad SMARTS) is 1. The SMILES string of the molecule is CC(=O)O.CC1CCC(CC2(C)C=CC=CC2)C(O)C1. The number of carbonyl (C=O) groups is 1. The van der Waals surface area contributed by atoms with Gasteiger partial charge in [0, 0.05) is 6.92 Å². The van der Waals surface area contributed by atoms with Crippen LogP contribution in [0.2, 0.25) is 0 Å². The van der Waals surface area contributed by atoms with Gasteiger partial charge in [-0.3, -0.25) is 4.79 Å². The van der Waals surface area contributed by atoms with Crippen LogP contribution in [-0.4, -0.2) is 22.3 Å². The Bertz CT molecular complexity index is 368. The molecule has 0 aromatic heterocycles. The molecule has 114 valence electrons. The number of allylic oxidation sites excluding steroid dienone is 4. The molecule has 2 N–H and O–H groups in total. The molecule has 3 nitrogen and oxygen atoms in total. The van der Waals surface area contributed by atoms with Gasteiger partial charge in [0.25, 0.3) is 5.97 Å². The maximum atomic E-state index is 10.1. The molecule has 2 aliphatic rings. The van der Waals surface area contributed by atoms with E-state index in [1.807, 2.05) is 0 Å². The monoisotopic (exact) mass is 280 g/mol. The van der Waals surface area contributed by atoms with E-state index in [0.29, 0.717) is 11.8 Å². The molecular formula is C17H28O3. The fourth-order valence-corrected chi connectivity index (χ4v) is 3.17. The Balaban J connectivity index is 0.000000444. The highest BCUT2D eigenvalue weighted by Crippen LogP contribution is 2.40. The van der Waals surface area contributed by atoms with Crippen LogP contribution in [-0.2, 0) is 4.79 Å². The minimum absolute atomic E-state index is 0.0696. The summed E-state index contributed by atoms with van der Waals surface area (Å²) in [4.78, 5) is 9.00. The lowest BCUT2D eigenvalue weighted by atomic mass is 9.70. The number of aliphatic hydroxyl groups is 1. The van der Waals surface area contributed by atoms with E-state index in [1.54, 1.807) is 0 Å². The van der Waals surface area contributed by atoms with Crippen molar-refractivity contribution in [2.24, 2.45) is 17.3 Å². The first kappa shape index (κ1) is 17.0. The van der Waals surface area contributed by atoms with Crippen molar-refractivity contribution in [2.45, 2.75) is 59.0 Å². The average molecular weight is 280 g/mol. The van der Waals surface area contributed by atoms with Crippen molar-refractivity contribution in [3.8, 4) is 0 Å². The topological polar surface area (TPSA) is 57.5 Å². The van der Waals surface area contributed by atoms with Crippen LogP contribution in [0.15, 0.2) is 24.3 Å². The van der Waals surface area contributed by atoms with Crippen LogP contribution in [0, 0.1) is 17.3 Å². The zero-order chi connectivity index (χ0) is 15.2. The third-order valence-corrected chi connectivity index (χ3v) is 4.28. The summed E-state index contributed by atoms with van der Waals surface area (Å²) in [6, 6.07) is 0. The van der Waals surface area contributed by atoms with Crippen LogP contribution in [0.25, 0.3) is 0 Å². The van der Waals surface area contributed by atoms with E-state index in [4.69, 9.17) is 9.90 Å². The predicted octanol–water partition coefficient (Wildman–Crippen LogP) is 3.79. The van der Waals surface area contributed by atoms with Crippen molar-refractivity contribution >= 4 is 5.97 Å². The van der Waals surface area contributed by atoms with Crippen LogP contribution in [0.5, 0.6) is 0 Å². The first-order chi connectivity index (χ1) is 9.32. The summed E-state index contributed by atoms with van der Waals surface area (Å²) in [6.07, 6.45) is 14.5. The Kier molecular flexibility index (Phi) is 6.47. The first-order valence-corrected chi connectivity index (χ1v) is 7.54. The number of rotatable bonds is 2. The van der Waals surface area contributed by atoms with Gasteiger partial charge in [-0.05, 0) is 42.9 Å². The largest absolute Gasteiger partial charge is 0.481 e. The number of hydrogen-bond donors (Lipinski definition) is 2. The van der Waals surface area contributed by atoms with Crippen molar-refractivity contribution in [2.75, 3.05) is 0 Å². The molecule has 20 heavy (non-hydrogen) atoms. The second-order valence-electron chi connectivity index (χ2n) is 6.61. The molecular weight excluding hydrogens is 252 g/mol.